The number of nitrogens with two attached hydrogens (primary N) is 1. The minimum Gasteiger partial charge on any atom is -0.542 e. The van der Waals surface area contributed by atoms with Crippen molar-refractivity contribution in [1.82, 2.24) is 5.43 Å². The van der Waals surface area contributed by atoms with Gasteiger partial charge in [0.1, 0.15) is 12.5 Å². The van der Waals surface area contributed by atoms with Crippen molar-refractivity contribution in [3.8, 4) is 0 Å². The molecule has 12 heteroatoms. The smallest absolute Gasteiger partial charge is 0.430 e. The molecule has 0 bridgehead atoms. The van der Waals surface area contributed by atoms with Gasteiger partial charge < -0.3 is 14.4 Å². The van der Waals surface area contributed by atoms with Gasteiger partial charge >= 0.3 is 6.18 Å². The Morgan fingerprint density at radius 3 is 2.14 bits per heavy atom. The molecule has 1 unspecified atom stereocenters. The molecular formula is C10H17F3N6O3. The Kier molecular flexibility index (Phi) is 6.58. The Bertz CT molecular complexity index is 458. The van der Waals surface area contributed by atoms with Crippen molar-refractivity contribution < 1.29 is 32.3 Å². The van der Waals surface area contributed by atoms with E-state index in [1.807, 2.05) is 21.1 Å². The number of quaternary nitrogens is 1. The molecule has 0 aromatic heterocycles. The van der Waals surface area contributed by atoms with Gasteiger partial charge in [-0.25, -0.2) is 5.84 Å². The number of nitrogens with one attached hydrogen (secondary N) is 1. The number of carbonyl (C=O) groups is 2. The van der Waals surface area contributed by atoms with Gasteiger partial charge in [-0.3, -0.25) is 10.2 Å². The van der Waals surface area contributed by atoms with E-state index in [-0.39, 0.29) is 12.3 Å². The molecule has 0 fully saturated rings. The van der Waals surface area contributed by atoms with E-state index in [2.05, 4.69) is 20.9 Å². The van der Waals surface area contributed by atoms with Crippen molar-refractivity contribution in [3.05, 3.63) is 0 Å². The topological polar surface area (TPSA) is 132 Å². The molecule has 0 aromatic carbocycles. The monoisotopic (exact) mass is 326 g/mol. The Labute approximate surface area is 124 Å². The van der Waals surface area contributed by atoms with Crippen LogP contribution < -0.4 is 16.4 Å². The normalized spacial score (nSPS) is 20.3. The minimum absolute atomic E-state index is 0.173. The van der Waals surface area contributed by atoms with Crippen molar-refractivity contribution in [2.75, 3.05) is 27.7 Å². The van der Waals surface area contributed by atoms with Crippen molar-refractivity contribution in [3.63, 3.8) is 0 Å². The maximum absolute atomic E-state index is 11.3. The molecule has 1 aliphatic rings. The Hall–Kier alpha value is -2.08. The summed E-state index contributed by atoms with van der Waals surface area (Å²) in [6.45, 7) is 0.646. The summed E-state index contributed by atoms with van der Waals surface area (Å²) in [5, 5.41) is 20.1. The van der Waals surface area contributed by atoms with E-state index in [0.717, 1.165) is 0 Å². The number of rotatable bonds is 4. The van der Waals surface area contributed by atoms with Gasteiger partial charge in [0.15, 0.2) is 5.54 Å². The van der Waals surface area contributed by atoms with Crippen LogP contribution in [0.3, 0.4) is 0 Å². The maximum atomic E-state index is 11.3. The largest absolute Gasteiger partial charge is 0.542 e. The van der Waals surface area contributed by atoms with Crippen LogP contribution in [-0.4, -0.2) is 62.0 Å². The average molecular weight is 326 g/mol. The van der Waals surface area contributed by atoms with Gasteiger partial charge in [0.25, 0.3) is 0 Å². The number of likely N-dealkylation sites (N-methyl/N-ethyl adjacent to an activating group) is 1. The first-order valence-corrected chi connectivity index (χ1v) is 5.86. The average Bonchev–Trinajstić information content (AvgIpc) is 2.74. The van der Waals surface area contributed by atoms with Gasteiger partial charge in [0.05, 0.1) is 33.8 Å². The van der Waals surface area contributed by atoms with E-state index in [0.29, 0.717) is 11.0 Å². The lowest BCUT2D eigenvalue weighted by molar-refractivity contribution is -0.872. The van der Waals surface area contributed by atoms with E-state index >= 15 is 0 Å². The third-order valence-corrected chi connectivity index (χ3v) is 2.20. The van der Waals surface area contributed by atoms with Crippen molar-refractivity contribution in [2.24, 2.45) is 21.3 Å². The molecule has 3 N–H and O–H groups in total. The second-order valence-corrected chi connectivity index (χ2v) is 5.52. The maximum Gasteiger partial charge on any atom is 0.430 e. The van der Waals surface area contributed by atoms with Gasteiger partial charge in [0.2, 0.25) is 5.91 Å². The molecule has 126 valence electrons. The van der Waals surface area contributed by atoms with Crippen molar-refractivity contribution >= 4 is 18.1 Å². The van der Waals surface area contributed by atoms with E-state index in [4.69, 9.17) is 15.7 Å². The number of carboxylic acid groups (broad SMARTS) is 1. The van der Waals surface area contributed by atoms with Gasteiger partial charge in [-0.05, 0) is 5.22 Å². The molecule has 0 aromatic rings. The van der Waals surface area contributed by atoms with Crippen molar-refractivity contribution in [1.29, 1.82) is 0 Å². The summed E-state index contributed by atoms with van der Waals surface area (Å²) < 4.78 is 32.2. The quantitative estimate of drug-likeness (QED) is 0.283. The zero-order chi connectivity index (χ0) is 17.6. The van der Waals surface area contributed by atoms with Crippen LogP contribution in [0.25, 0.3) is 0 Å². The fraction of sp³-hybridized carbons (Fsp3) is 0.700. The van der Waals surface area contributed by atoms with Crippen LogP contribution in [0.2, 0.25) is 0 Å². The second kappa shape index (κ2) is 7.26. The lowest BCUT2D eigenvalue weighted by Gasteiger charge is -2.31. The summed E-state index contributed by atoms with van der Waals surface area (Å²) >= 11 is 0. The molecule has 0 radical (unpaired) electrons. The Morgan fingerprint density at radius 1 is 1.36 bits per heavy atom. The highest BCUT2D eigenvalue weighted by molar-refractivity contribution is 5.84. The summed E-state index contributed by atoms with van der Waals surface area (Å²) in [7, 11) is 6.05. The van der Waals surface area contributed by atoms with Crippen LogP contribution in [0.1, 0.15) is 6.42 Å². The molecule has 0 aliphatic carbocycles. The van der Waals surface area contributed by atoms with Crippen LogP contribution in [0.4, 0.5) is 13.2 Å². The Morgan fingerprint density at radius 2 is 1.86 bits per heavy atom. The fourth-order valence-electron chi connectivity index (χ4n) is 1.63. The van der Waals surface area contributed by atoms with Crippen LogP contribution in [-0.2, 0) is 9.59 Å². The third kappa shape index (κ3) is 7.64. The predicted octanol–water partition coefficient (Wildman–Crippen LogP) is -1.44. The molecule has 0 saturated heterocycles. The molecule has 22 heavy (non-hydrogen) atoms. The summed E-state index contributed by atoms with van der Waals surface area (Å²) in [4.78, 5) is 20.0. The molecule has 1 atom stereocenters. The van der Waals surface area contributed by atoms with Crippen LogP contribution in [0.15, 0.2) is 15.4 Å². The van der Waals surface area contributed by atoms with Gasteiger partial charge in [-0.1, -0.05) is 0 Å². The molecule has 1 aliphatic heterocycles. The van der Waals surface area contributed by atoms with Crippen LogP contribution in [0, 0.1) is 0 Å². The molecule has 1 rings (SSSR count). The number of nitrogens with zero attached hydrogens (tertiary/aromatic N) is 4. The highest BCUT2D eigenvalue weighted by atomic mass is 19.4. The highest BCUT2D eigenvalue weighted by Gasteiger charge is 2.39. The second-order valence-electron chi connectivity index (χ2n) is 5.52. The lowest BCUT2D eigenvalue weighted by atomic mass is 9.96. The predicted molar refractivity (Wildman–Crippen MR) is 67.0 cm³/mol. The SMILES string of the molecule is C[N+](C)(C)CC1(CC(=O)NN)C=NN=N1.O=C([O-])C(F)(F)F. The standard InChI is InChI=1S/C8H16N6O.C2HF3O2/c1-14(2,3)6-8(4-7(15)11-9)5-10-13-12-8;3-2(4,5)1(6)7/h5H,4,6H2,1-3H3,(H2-,9,11,12,13,15);(H,6,7). The first-order valence-electron chi connectivity index (χ1n) is 5.86. The van der Waals surface area contributed by atoms with E-state index in [9.17, 15) is 18.0 Å². The zero-order valence-corrected chi connectivity index (χ0v) is 12.2. The number of hydrogen-bond donors (Lipinski definition) is 2. The molecule has 1 heterocycles. The third-order valence-electron chi connectivity index (χ3n) is 2.20. The van der Waals surface area contributed by atoms with Gasteiger partial charge in [0, 0.05) is 0 Å². The Balaban J connectivity index is 0.000000534. The molecule has 0 spiro atoms. The molecule has 9 nitrogen and oxygen atoms in total. The molecule has 1 amide bonds. The summed E-state index contributed by atoms with van der Waals surface area (Å²) in [6, 6.07) is 0. The number of alkyl halides is 3. The first-order chi connectivity index (χ1) is 9.81. The number of aliphatic carboxylic acids is 1. The number of hydrogen-bond acceptors (Lipinski definition) is 7. The highest BCUT2D eigenvalue weighted by Crippen LogP contribution is 2.21. The lowest BCUT2D eigenvalue weighted by Crippen LogP contribution is -2.51. The zero-order valence-electron chi connectivity index (χ0n) is 12.2. The van der Waals surface area contributed by atoms with Crippen molar-refractivity contribution in [2.45, 2.75) is 18.1 Å². The summed E-state index contributed by atoms with van der Waals surface area (Å²) in [5.41, 5.74) is 1.44. The molecular weight excluding hydrogens is 309 g/mol. The number of amides is 1. The van der Waals surface area contributed by atoms with Crippen LogP contribution in [0.5, 0.6) is 0 Å². The van der Waals surface area contributed by atoms with E-state index in [1.165, 1.54) is 0 Å². The van der Waals surface area contributed by atoms with E-state index in [1.54, 1.807) is 6.21 Å². The van der Waals surface area contributed by atoms with Crippen LogP contribution >= 0.6 is 0 Å². The summed E-state index contributed by atoms with van der Waals surface area (Å²) in [6.07, 6.45) is -3.42. The molecule has 0 saturated carbocycles. The number of halogens is 3. The number of hydrazine groups is 1. The van der Waals surface area contributed by atoms with Gasteiger partial charge in [-0.15, -0.1) is 10.2 Å². The first kappa shape index (κ1) is 19.9. The summed E-state index contributed by atoms with van der Waals surface area (Å²) in [5.74, 6) is 1.78. The number of carbonyl (C=O) groups excluding carboxylic acids is 2. The van der Waals surface area contributed by atoms with E-state index < -0.39 is 17.7 Å². The van der Waals surface area contributed by atoms with Gasteiger partial charge in [-0.2, -0.15) is 13.2 Å². The fourth-order valence-corrected chi connectivity index (χ4v) is 1.63. The number of carboxylic acids is 1. The minimum atomic E-state index is -5.19.